The van der Waals surface area contributed by atoms with Crippen LogP contribution in [0.4, 0.5) is 11.4 Å². The molecule has 1 aromatic carbocycles. The van der Waals surface area contributed by atoms with E-state index >= 15 is 0 Å². The predicted octanol–water partition coefficient (Wildman–Crippen LogP) is 3.29. The molecule has 0 bridgehead atoms. The quantitative estimate of drug-likeness (QED) is 0.747. The lowest BCUT2D eigenvalue weighted by Gasteiger charge is -2.33. The number of hydrogen-bond acceptors (Lipinski definition) is 4. The molecule has 0 saturated carbocycles. The highest BCUT2D eigenvalue weighted by Gasteiger charge is 2.34. The first kappa shape index (κ1) is 17.5. The second-order valence-corrected chi connectivity index (χ2v) is 7.34. The maximum Gasteiger partial charge on any atom is 0.275 e. The van der Waals surface area contributed by atoms with Crippen LogP contribution in [0.25, 0.3) is 0 Å². The number of aromatic nitrogens is 2. The average molecular weight is 388 g/mol. The molecule has 2 aliphatic heterocycles. The Morgan fingerprint density at radius 2 is 2.17 bits per heavy atom. The summed E-state index contributed by atoms with van der Waals surface area (Å²) in [5, 5.41) is 2.82. The first-order valence-electron chi connectivity index (χ1n) is 9.61. The number of hydrogen-bond donors (Lipinski definition) is 1. The van der Waals surface area contributed by atoms with E-state index in [1.54, 1.807) is 35.5 Å². The third-order valence-corrected chi connectivity index (χ3v) is 5.43. The summed E-state index contributed by atoms with van der Waals surface area (Å²) in [6.45, 7) is 3.26. The van der Waals surface area contributed by atoms with Crippen molar-refractivity contribution in [2.75, 3.05) is 23.4 Å². The second-order valence-electron chi connectivity index (χ2n) is 7.34. The first-order valence-corrected chi connectivity index (χ1v) is 9.61. The van der Waals surface area contributed by atoms with Crippen molar-refractivity contribution in [1.29, 1.82) is 0 Å². The zero-order chi connectivity index (χ0) is 20.0. The number of carbonyl (C=O) groups excluding carboxylic acids is 2. The highest BCUT2D eigenvalue weighted by atomic mass is 16.5. The SMILES string of the molecule is C[C@H]1CN(c2ccc3c(c2)CCO3)C(=O)c2c(C(=O)Nc3cccnc3)ccn21. The van der Waals surface area contributed by atoms with E-state index < -0.39 is 0 Å². The Hall–Kier alpha value is -3.61. The molecule has 7 heteroatoms. The lowest BCUT2D eigenvalue weighted by Crippen LogP contribution is -2.43. The largest absolute Gasteiger partial charge is 0.493 e. The molecule has 0 radical (unpaired) electrons. The Balaban J connectivity index is 1.49. The number of nitrogens with one attached hydrogen (secondary N) is 1. The fraction of sp³-hybridized carbons (Fsp3) is 0.227. The minimum Gasteiger partial charge on any atom is -0.493 e. The van der Waals surface area contributed by atoms with Crippen molar-refractivity contribution in [2.24, 2.45) is 0 Å². The highest BCUT2D eigenvalue weighted by molar-refractivity contribution is 6.16. The average Bonchev–Trinajstić information content (AvgIpc) is 3.38. The second kappa shape index (κ2) is 6.77. The van der Waals surface area contributed by atoms with Crippen LogP contribution in [-0.2, 0) is 6.42 Å². The zero-order valence-corrected chi connectivity index (χ0v) is 16.0. The molecule has 0 saturated heterocycles. The van der Waals surface area contributed by atoms with Crippen LogP contribution in [0.5, 0.6) is 5.75 Å². The molecular weight excluding hydrogens is 368 g/mol. The summed E-state index contributed by atoms with van der Waals surface area (Å²) in [6.07, 6.45) is 5.87. The Morgan fingerprint density at radius 1 is 1.28 bits per heavy atom. The topological polar surface area (TPSA) is 76.5 Å². The van der Waals surface area contributed by atoms with Gasteiger partial charge in [0.15, 0.2) is 0 Å². The Morgan fingerprint density at radius 3 is 3.00 bits per heavy atom. The van der Waals surface area contributed by atoms with Gasteiger partial charge >= 0.3 is 0 Å². The maximum atomic E-state index is 13.4. The van der Waals surface area contributed by atoms with Gasteiger partial charge in [0.25, 0.3) is 11.8 Å². The van der Waals surface area contributed by atoms with Crippen molar-refractivity contribution in [1.82, 2.24) is 9.55 Å². The van der Waals surface area contributed by atoms with Crippen molar-refractivity contribution >= 4 is 23.2 Å². The van der Waals surface area contributed by atoms with Gasteiger partial charge in [-0.3, -0.25) is 14.6 Å². The molecule has 0 fully saturated rings. The summed E-state index contributed by atoms with van der Waals surface area (Å²) < 4.78 is 7.46. The van der Waals surface area contributed by atoms with Crippen LogP contribution in [0.2, 0.25) is 0 Å². The number of rotatable bonds is 3. The van der Waals surface area contributed by atoms with E-state index in [4.69, 9.17) is 4.74 Å². The van der Waals surface area contributed by atoms with Crippen LogP contribution in [0.15, 0.2) is 55.0 Å². The van der Waals surface area contributed by atoms with Crippen LogP contribution in [0.1, 0.15) is 39.4 Å². The molecule has 1 atom stereocenters. The third-order valence-electron chi connectivity index (χ3n) is 5.43. The van der Waals surface area contributed by atoms with Gasteiger partial charge in [-0.05, 0) is 48.9 Å². The molecule has 0 aliphatic carbocycles. The number of pyridine rings is 1. The lowest BCUT2D eigenvalue weighted by atomic mass is 10.1. The number of ether oxygens (including phenoxy) is 1. The molecule has 1 N–H and O–H groups in total. The van der Waals surface area contributed by atoms with E-state index in [0.29, 0.717) is 30.1 Å². The summed E-state index contributed by atoms with van der Waals surface area (Å²) in [4.78, 5) is 32.0. The number of fused-ring (bicyclic) bond motifs is 2. The van der Waals surface area contributed by atoms with E-state index in [2.05, 4.69) is 10.3 Å². The van der Waals surface area contributed by atoms with E-state index in [-0.39, 0.29) is 17.9 Å². The first-order chi connectivity index (χ1) is 14.1. The molecule has 2 aliphatic rings. The molecule has 4 heterocycles. The molecule has 0 unspecified atom stereocenters. The van der Waals surface area contributed by atoms with Crippen molar-refractivity contribution in [3.05, 3.63) is 71.8 Å². The Kier molecular flexibility index (Phi) is 4.08. The van der Waals surface area contributed by atoms with Crippen LogP contribution in [-0.4, -0.2) is 34.5 Å². The van der Waals surface area contributed by atoms with Gasteiger partial charge in [-0.25, -0.2) is 0 Å². The molecule has 29 heavy (non-hydrogen) atoms. The predicted molar refractivity (Wildman–Crippen MR) is 109 cm³/mol. The van der Waals surface area contributed by atoms with Crippen molar-refractivity contribution in [2.45, 2.75) is 19.4 Å². The molecule has 2 aromatic heterocycles. The minimum atomic E-state index is -0.323. The summed E-state index contributed by atoms with van der Waals surface area (Å²) in [5.74, 6) is 0.381. The van der Waals surface area contributed by atoms with Gasteiger partial charge in [-0.15, -0.1) is 0 Å². The van der Waals surface area contributed by atoms with Gasteiger partial charge in [0.1, 0.15) is 11.4 Å². The van der Waals surface area contributed by atoms with Gasteiger partial charge < -0.3 is 19.5 Å². The molecule has 3 aromatic rings. The fourth-order valence-electron chi connectivity index (χ4n) is 3.99. The van der Waals surface area contributed by atoms with Gasteiger partial charge in [-0.1, -0.05) is 0 Å². The summed E-state index contributed by atoms with van der Waals surface area (Å²) in [6, 6.07) is 11.1. The van der Waals surface area contributed by atoms with E-state index in [9.17, 15) is 9.59 Å². The minimum absolute atomic E-state index is 0.0483. The van der Waals surface area contributed by atoms with E-state index in [1.807, 2.05) is 35.9 Å². The number of anilines is 2. The fourth-order valence-corrected chi connectivity index (χ4v) is 3.99. The highest BCUT2D eigenvalue weighted by Crippen LogP contribution is 2.33. The van der Waals surface area contributed by atoms with Crippen LogP contribution < -0.4 is 15.0 Å². The van der Waals surface area contributed by atoms with Gasteiger partial charge in [0, 0.05) is 37.1 Å². The zero-order valence-electron chi connectivity index (χ0n) is 16.0. The summed E-state index contributed by atoms with van der Waals surface area (Å²) in [7, 11) is 0. The standard InChI is InChI=1S/C22H20N4O3/c1-14-13-26(17-4-5-19-15(11-17)7-10-29-19)22(28)20-18(6-9-25(14)20)21(27)24-16-3-2-8-23-12-16/h2-6,8-9,11-12,14H,7,10,13H2,1H3,(H,24,27)/t14-/m0/s1. The van der Waals surface area contributed by atoms with Gasteiger partial charge in [-0.2, -0.15) is 0 Å². The van der Waals surface area contributed by atoms with Crippen molar-refractivity contribution in [3.8, 4) is 5.75 Å². The van der Waals surface area contributed by atoms with Crippen molar-refractivity contribution < 1.29 is 14.3 Å². The smallest absolute Gasteiger partial charge is 0.275 e. The van der Waals surface area contributed by atoms with E-state index in [1.165, 1.54) is 0 Å². The van der Waals surface area contributed by atoms with Crippen LogP contribution in [0.3, 0.4) is 0 Å². The van der Waals surface area contributed by atoms with Crippen molar-refractivity contribution in [3.63, 3.8) is 0 Å². The molecule has 0 spiro atoms. The molecule has 5 rings (SSSR count). The number of carbonyl (C=O) groups is 2. The number of nitrogens with zero attached hydrogens (tertiary/aromatic N) is 3. The summed E-state index contributed by atoms with van der Waals surface area (Å²) in [5.41, 5.74) is 3.29. The number of amides is 2. The molecule has 2 amide bonds. The monoisotopic (exact) mass is 388 g/mol. The molecule has 7 nitrogen and oxygen atoms in total. The Labute approximate surface area is 167 Å². The molecular formula is C22H20N4O3. The van der Waals surface area contributed by atoms with Gasteiger partial charge in [0.05, 0.1) is 24.1 Å². The van der Waals surface area contributed by atoms with Crippen LogP contribution in [0, 0.1) is 0 Å². The molecule has 146 valence electrons. The maximum absolute atomic E-state index is 13.4. The number of benzene rings is 1. The Bertz CT molecular complexity index is 1110. The normalized spacial score (nSPS) is 17.5. The summed E-state index contributed by atoms with van der Waals surface area (Å²) >= 11 is 0. The van der Waals surface area contributed by atoms with Gasteiger partial charge in [0.2, 0.25) is 0 Å². The van der Waals surface area contributed by atoms with E-state index in [0.717, 1.165) is 23.4 Å². The third kappa shape index (κ3) is 2.95. The van der Waals surface area contributed by atoms with Crippen LogP contribution >= 0.6 is 0 Å². The lowest BCUT2D eigenvalue weighted by molar-refractivity contribution is 0.0942.